The summed E-state index contributed by atoms with van der Waals surface area (Å²) in [5.74, 6) is -0.169. The van der Waals surface area contributed by atoms with Gasteiger partial charge in [0.25, 0.3) is 0 Å². The number of nitrogens with zero attached hydrogens (tertiary/aromatic N) is 3. The zero-order valence-electron chi connectivity index (χ0n) is 18.6. The first-order valence-electron chi connectivity index (χ1n) is 11.1. The maximum absolute atomic E-state index is 15.5. The van der Waals surface area contributed by atoms with Crippen molar-refractivity contribution in [2.45, 2.75) is 39.2 Å². The summed E-state index contributed by atoms with van der Waals surface area (Å²) in [5, 5.41) is 0.982. The van der Waals surface area contributed by atoms with Crippen LogP contribution in [0.25, 0.3) is 11.0 Å². The van der Waals surface area contributed by atoms with Gasteiger partial charge in [-0.05, 0) is 42.7 Å². The van der Waals surface area contributed by atoms with E-state index in [1.807, 2.05) is 18.3 Å². The van der Waals surface area contributed by atoms with E-state index in [0.29, 0.717) is 32.0 Å². The molecule has 8 heteroatoms. The molecule has 0 spiro atoms. The summed E-state index contributed by atoms with van der Waals surface area (Å²) in [7, 11) is 1.48. The molecule has 0 atom stereocenters. The number of carbonyl (C=O) groups is 1. The number of fused-ring (bicyclic) bond motifs is 1. The van der Waals surface area contributed by atoms with E-state index in [1.165, 1.54) is 12.0 Å². The van der Waals surface area contributed by atoms with E-state index in [2.05, 4.69) is 16.9 Å². The van der Waals surface area contributed by atoms with Crippen molar-refractivity contribution in [1.29, 1.82) is 0 Å². The molecule has 1 N–H and O–H groups in total. The Labute approximate surface area is 187 Å². The Morgan fingerprint density at radius 2 is 2.06 bits per heavy atom. The molecule has 2 amide bonds. The minimum Gasteiger partial charge on any atom is -0.493 e. The lowest BCUT2D eigenvalue weighted by Crippen LogP contribution is -2.49. The van der Waals surface area contributed by atoms with E-state index in [1.54, 1.807) is 23.2 Å². The molecule has 1 aliphatic heterocycles. The highest BCUT2D eigenvalue weighted by atomic mass is 19.1. The van der Waals surface area contributed by atoms with Gasteiger partial charge in [-0.1, -0.05) is 19.8 Å². The maximum atomic E-state index is 15.5. The monoisotopic (exact) mass is 440 g/mol. The van der Waals surface area contributed by atoms with Crippen molar-refractivity contribution in [2.75, 3.05) is 31.7 Å². The van der Waals surface area contributed by atoms with Crippen molar-refractivity contribution in [2.24, 2.45) is 0 Å². The third-order valence-corrected chi connectivity index (χ3v) is 5.77. The number of rotatable bonds is 9. The van der Waals surface area contributed by atoms with Crippen LogP contribution in [0.15, 0.2) is 36.7 Å². The van der Waals surface area contributed by atoms with Gasteiger partial charge in [0.2, 0.25) is 0 Å². The van der Waals surface area contributed by atoms with Crippen LogP contribution in [-0.2, 0) is 6.54 Å². The van der Waals surface area contributed by atoms with Crippen LogP contribution in [0.5, 0.6) is 11.5 Å². The molecule has 0 saturated carbocycles. The predicted octanol–water partition coefficient (Wildman–Crippen LogP) is 5.11. The Bertz CT molecular complexity index is 1080. The number of halogens is 1. The fourth-order valence-electron chi connectivity index (χ4n) is 4.07. The fraction of sp³-hybridized carbons (Fsp3) is 0.417. The van der Waals surface area contributed by atoms with Crippen molar-refractivity contribution in [3.8, 4) is 11.5 Å². The first-order chi connectivity index (χ1) is 15.6. The number of methoxy groups -OCH3 is 1. The zero-order valence-corrected chi connectivity index (χ0v) is 18.6. The summed E-state index contributed by atoms with van der Waals surface area (Å²) in [5.41, 5.74) is 2.00. The summed E-state index contributed by atoms with van der Waals surface area (Å²) >= 11 is 0. The number of hydrogen-bond acceptors (Lipinski definition) is 4. The number of nitrogens with one attached hydrogen (secondary N) is 1. The smallest absolute Gasteiger partial charge is 0.324 e. The molecule has 1 saturated heterocycles. The topological polar surface area (TPSA) is 70.7 Å². The van der Waals surface area contributed by atoms with Crippen LogP contribution in [0.3, 0.4) is 0 Å². The number of ether oxygens (including phenoxy) is 2. The average Bonchev–Trinajstić information content (AvgIpc) is 3.29. The molecule has 3 aromatic rings. The van der Waals surface area contributed by atoms with Gasteiger partial charge in [-0.15, -0.1) is 0 Å². The number of unbranched alkanes of at least 4 members (excludes halogenated alkanes) is 2. The van der Waals surface area contributed by atoms with E-state index < -0.39 is 5.82 Å². The van der Waals surface area contributed by atoms with E-state index in [0.717, 1.165) is 42.3 Å². The van der Waals surface area contributed by atoms with Crippen LogP contribution in [0, 0.1) is 5.82 Å². The van der Waals surface area contributed by atoms with E-state index in [4.69, 9.17) is 9.47 Å². The molecule has 170 valence electrons. The molecule has 2 aromatic heterocycles. The highest BCUT2D eigenvalue weighted by molar-refractivity contribution is 5.93. The number of H-pyrrole nitrogens is 1. The lowest BCUT2D eigenvalue weighted by atomic mass is 10.1. The van der Waals surface area contributed by atoms with Crippen molar-refractivity contribution in [1.82, 2.24) is 14.9 Å². The summed E-state index contributed by atoms with van der Waals surface area (Å²) < 4.78 is 26.5. The molecule has 1 aliphatic rings. The van der Waals surface area contributed by atoms with Crippen molar-refractivity contribution in [3.05, 3.63) is 48.0 Å². The highest BCUT2D eigenvalue weighted by Gasteiger charge is 2.31. The molecular weight excluding hydrogens is 411 g/mol. The lowest BCUT2D eigenvalue weighted by Gasteiger charge is -2.36. The summed E-state index contributed by atoms with van der Waals surface area (Å²) in [4.78, 5) is 23.9. The number of carbonyl (C=O) groups excluding carboxylic acids is 1. The standard InChI is InChI=1S/C24H29FN4O3/c1-3-4-5-15-32-22-20(31-2)8-7-19(21(22)25)29-14-6-13-28(24(29)30)16-17-9-11-26-23-18(17)10-12-27-23/h7-12H,3-6,13-16H2,1-2H3,(H,26,27). The molecule has 4 rings (SSSR count). The largest absolute Gasteiger partial charge is 0.493 e. The molecule has 1 aromatic carbocycles. The summed E-state index contributed by atoms with van der Waals surface area (Å²) in [6.45, 7) is 4.00. The molecule has 1 fully saturated rings. The normalized spacial score (nSPS) is 14.3. The van der Waals surface area contributed by atoms with Gasteiger partial charge in [0, 0.05) is 37.4 Å². The highest BCUT2D eigenvalue weighted by Crippen LogP contribution is 2.37. The van der Waals surface area contributed by atoms with Gasteiger partial charge >= 0.3 is 6.03 Å². The molecule has 0 radical (unpaired) electrons. The Hall–Kier alpha value is -3.29. The average molecular weight is 441 g/mol. The third kappa shape index (κ3) is 4.35. The molecule has 0 aliphatic carbocycles. The lowest BCUT2D eigenvalue weighted by molar-refractivity contribution is 0.192. The van der Waals surface area contributed by atoms with Gasteiger partial charge in [-0.2, -0.15) is 0 Å². The first kappa shape index (κ1) is 21.9. The van der Waals surface area contributed by atoms with Crippen LogP contribution in [0.4, 0.5) is 14.9 Å². The Morgan fingerprint density at radius 1 is 1.19 bits per heavy atom. The number of amides is 2. The predicted molar refractivity (Wildman–Crippen MR) is 122 cm³/mol. The summed E-state index contributed by atoms with van der Waals surface area (Å²) in [6, 6.07) is 6.89. The number of anilines is 1. The number of hydrogen-bond donors (Lipinski definition) is 1. The van der Waals surface area contributed by atoms with Gasteiger partial charge in [0.1, 0.15) is 5.65 Å². The molecule has 3 heterocycles. The zero-order chi connectivity index (χ0) is 22.5. The maximum Gasteiger partial charge on any atom is 0.324 e. The van der Waals surface area contributed by atoms with Crippen molar-refractivity contribution < 1.29 is 18.7 Å². The number of aromatic nitrogens is 2. The number of urea groups is 1. The van der Waals surface area contributed by atoms with Crippen molar-refractivity contribution in [3.63, 3.8) is 0 Å². The van der Waals surface area contributed by atoms with Gasteiger partial charge in [-0.25, -0.2) is 14.2 Å². The minimum atomic E-state index is -0.562. The van der Waals surface area contributed by atoms with E-state index >= 15 is 4.39 Å². The van der Waals surface area contributed by atoms with Gasteiger partial charge in [-0.3, -0.25) is 4.90 Å². The Morgan fingerprint density at radius 3 is 2.88 bits per heavy atom. The second-order valence-electron chi connectivity index (χ2n) is 7.90. The third-order valence-electron chi connectivity index (χ3n) is 5.77. The quantitative estimate of drug-likeness (QED) is 0.469. The van der Waals surface area contributed by atoms with Crippen LogP contribution in [-0.4, -0.2) is 47.7 Å². The Balaban J connectivity index is 1.56. The summed E-state index contributed by atoms with van der Waals surface area (Å²) in [6.07, 6.45) is 7.19. The van der Waals surface area contributed by atoms with Crippen LogP contribution in [0.1, 0.15) is 38.2 Å². The SMILES string of the molecule is CCCCCOc1c(OC)ccc(N2CCCN(Cc3ccnc4[nH]ccc34)C2=O)c1F. The molecular formula is C24H29FN4O3. The first-order valence-corrected chi connectivity index (χ1v) is 11.1. The van der Waals surface area contributed by atoms with Crippen LogP contribution < -0.4 is 14.4 Å². The van der Waals surface area contributed by atoms with Gasteiger partial charge < -0.3 is 19.4 Å². The van der Waals surface area contributed by atoms with Crippen LogP contribution >= 0.6 is 0 Å². The second kappa shape index (κ2) is 9.89. The number of aromatic amines is 1. The van der Waals surface area contributed by atoms with Crippen molar-refractivity contribution >= 4 is 22.8 Å². The van der Waals surface area contributed by atoms with Gasteiger partial charge in [0.05, 0.1) is 19.4 Å². The second-order valence-corrected chi connectivity index (χ2v) is 7.90. The molecule has 0 unspecified atom stereocenters. The fourth-order valence-corrected chi connectivity index (χ4v) is 4.07. The Kier molecular flexibility index (Phi) is 6.78. The molecule has 32 heavy (non-hydrogen) atoms. The van der Waals surface area contributed by atoms with E-state index in [-0.39, 0.29) is 17.5 Å². The van der Waals surface area contributed by atoms with Gasteiger partial charge in [0.15, 0.2) is 17.3 Å². The van der Waals surface area contributed by atoms with Crippen LogP contribution in [0.2, 0.25) is 0 Å². The number of pyridine rings is 1. The molecule has 0 bridgehead atoms. The minimum absolute atomic E-state index is 0.0641. The molecule has 7 nitrogen and oxygen atoms in total. The van der Waals surface area contributed by atoms with E-state index in [9.17, 15) is 4.79 Å². The number of benzene rings is 1.